The Bertz CT molecular complexity index is 207. The highest BCUT2D eigenvalue weighted by Crippen LogP contribution is 2.27. The van der Waals surface area contributed by atoms with Crippen LogP contribution in [0.3, 0.4) is 0 Å². The number of nitrogens with two attached hydrogens (primary N) is 1. The molecule has 1 atom stereocenters. The van der Waals surface area contributed by atoms with Crippen LogP contribution in [0.1, 0.15) is 60.8 Å². The van der Waals surface area contributed by atoms with Gasteiger partial charge in [-0.2, -0.15) is 0 Å². The fraction of sp³-hybridized carbons (Fsp3) is 0.923. The smallest absolute Gasteiger partial charge is 0.217 e. The molecule has 0 fully saturated rings. The van der Waals surface area contributed by atoms with Gasteiger partial charge in [0.25, 0.3) is 0 Å². The minimum atomic E-state index is -0.253. The third-order valence-corrected chi connectivity index (χ3v) is 2.07. The van der Waals surface area contributed by atoms with Crippen molar-refractivity contribution in [2.45, 2.75) is 72.5 Å². The minimum Gasteiger partial charge on any atom is -0.373 e. The number of primary amides is 1. The Morgan fingerprint density at radius 2 is 1.69 bits per heavy atom. The zero-order chi connectivity index (χ0) is 13.0. The van der Waals surface area contributed by atoms with Crippen molar-refractivity contribution >= 4 is 5.91 Å². The second kappa shape index (κ2) is 5.67. The summed E-state index contributed by atoms with van der Waals surface area (Å²) in [5.41, 5.74) is 5.20. The largest absolute Gasteiger partial charge is 0.373 e. The van der Waals surface area contributed by atoms with Crippen LogP contribution in [0.5, 0.6) is 0 Å². The van der Waals surface area contributed by atoms with Crippen LogP contribution in [0.15, 0.2) is 0 Å². The van der Waals surface area contributed by atoms with Gasteiger partial charge in [-0.15, -0.1) is 0 Å². The molecule has 0 radical (unpaired) electrons. The first-order valence-electron chi connectivity index (χ1n) is 5.96. The molecule has 0 aliphatic rings. The fourth-order valence-corrected chi connectivity index (χ4v) is 1.69. The number of rotatable bonds is 5. The Morgan fingerprint density at radius 1 is 1.19 bits per heavy atom. The van der Waals surface area contributed by atoms with Crippen molar-refractivity contribution in [2.75, 3.05) is 0 Å². The third kappa shape index (κ3) is 9.97. The van der Waals surface area contributed by atoms with Gasteiger partial charge in [0.1, 0.15) is 0 Å². The lowest BCUT2D eigenvalue weighted by Gasteiger charge is -2.32. The molecule has 1 amide bonds. The van der Waals surface area contributed by atoms with Crippen molar-refractivity contribution < 1.29 is 9.53 Å². The molecule has 0 aromatic heterocycles. The van der Waals surface area contributed by atoms with Crippen molar-refractivity contribution in [1.82, 2.24) is 0 Å². The number of carbonyl (C=O) groups excluding carboxylic acids is 1. The first kappa shape index (κ1) is 15.4. The molecule has 0 aliphatic heterocycles. The maximum Gasteiger partial charge on any atom is 0.217 e. The summed E-state index contributed by atoms with van der Waals surface area (Å²) in [5.74, 6) is -0.253. The average molecular weight is 229 g/mol. The lowest BCUT2D eigenvalue weighted by Crippen LogP contribution is -2.31. The third-order valence-electron chi connectivity index (χ3n) is 2.07. The van der Waals surface area contributed by atoms with Crippen LogP contribution in [0.4, 0.5) is 0 Å². The summed E-state index contributed by atoms with van der Waals surface area (Å²) in [5, 5.41) is 0. The highest BCUT2D eigenvalue weighted by Gasteiger charge is 2.24. The van der Waals surface area contributed by atoms with Gasteiger partial charge < -0.3 is 10.5 Å². The quantitative estimate of drug-likeness (QED) is 0.788. The molecular formula is C13H27NO2. The maximum absolute atomic E-state index is 10.8. The van der Waals surface area contributed by atoms with Crippen LogP contribution in [-0.4, -0.2) is 17.6 Å². The van der Waals surface area contributed by atoms with Gasteiger partial charge in [0.15, 0.2) is 0 Å². The lowest BCUT2D eigenvalue weighted by molar-refractivity contribution is -0.120. The fourth-order valence-electron chi connectivity index (χ4n) is 1.69. The summed E-state index contributed by atoms with van der Waals surface area (Å²) in [6.45, 7) is 12.6. The van der Waals surface area contributed by atoms with E-state index in [4.69, 9.17) is 10.5 Å². The van der Waals surface area contributed by atoms with Crippen LogP contribution >= 0.6 is 0 Å². The van der Waals surface area contributed by atoms with Crippen molar-refractivity contribution in [1.29, 1.82) is 0 Å². The van der Waals surface area contributed by atoms with E-state index in [0.717, 1.165) is 6.42 Å². The summed E-state index contributed by atoms with van der Waals surface area (Å²) >= 11 is 0. The van der Waals surface area contributed by atoms with E-state index in [1.165, 1.54) is 0 Å². The van der Waals surface area contributed by atoms with E-state index in [2.05, 4.69) is 20.8 Å². The Hall–Kier alpha value is -0.570. The minimum absolute atomic E-state index is 0.104. The molecule has 0 saturated carbocycles. The van der Waals surface area contributed by atoms with Gasteiger partial charge in [0, 0.05) is 6.42 Å². The standard InChI is InChI=1S/C13H27NO2/c1-12(2,3)9-10(7-8-11(14)15)16-13(4,5)6/h10H,7-9H2,1-6H3,(H2,14,15). The van der Waals surface area contributed by atoms with E-state index in [1.54, 1.807) is 0 Å². The highest BCUT2D eigenvalue weighted by atomic mass is 16.5. The number of hydrogen-bond donors (Lipinski definition) is 1. The predicted octanol–water partition coefficient (Wildman–Crippen LogP) is 2.87. The van der Waals surface area contributed by atoms with Gasteiger partial charge in [-0.3, -0.25) is 4.79 Å². The Morgan fingerprint density at radius 3 is 2.00 bits per heavy atom. The van der Waals surface area contributed by atoms with Gasteiger partial charge in [0.05, 0.1) is 11.7 Å². The first-order chi connectivity index (χ1) is 6.99. The Balaban J connectivity index is 4.33. The normalized spacial score (nSPS) is 14.9. The highest BCUT2D eigenvalue weighted by molar-refractivity contribution is 5.73. The SMILES string of the molecule is CC(C)(C)CC(CCC(N)=O)OC(C)(C)C. The van der Waals surface area contributed by atoms with Crippen molar-refractivity contribution in [3.8, 4) is 0 Å². The molecule has 96 valence electrons. The van der Waals surface area contributed by atoms with Crippen LogP contribution in [0.2, 0.25) is 0 Å². The predicted molar refractivity (Wildman–Crippen MR) is 67.1 cm³/mol. The van der Waals surface area contributed by atoms with Crippen LogP contribution in [-0.2, 0) is 9.53 Å². The van der Waals surface area contributed by atoms with Gasteiger partial charge >= 0.3 is 0 Å². The average Bonchev–Trinajstić information content (AvgIpc) is 1.93. The molecule has 0 bridgehead atoms. The zero-order valence-electron chi connectivity index (χ0n) is 11.6. The van der Waals surface area contributed by atoms with Gasteiger partial charge in [-0.1, -0.05) is 20.8 Å². The molecule has 0 spiro atoms. The summed E-state index contributed by atoms with van der Waals surface area (Å²) < 4.78 is 5.96. The van der Waals surface area contributed by atoms with E-state index < -0.39 is 0 Å². The second-order valence-corrected chi connectivity index (χ2v) is 6.62. The molecule has 16 heavy (non-hydrogen) atoms. The van der Waals surface area contributed by atoms with Gasteiger partial charge in [0.2, 0.25) is 5.91 Å². The number of amides is 1. The number of hydrogen-bond acceptors (Lipinski definition) is 2. The molecule has 0 heterocycles. The van der Waals surface area contributed by atoms with Gasteiger partial charge in [-0.05, 0) is 39.0 Å². The molecular weight excluding hydrogens is 202 g/mol. The summed E-state index contributed by atoms with van der Waals surface area (Å²) in [6, 6.07) is 0. The first-order valence-corrected chi connectivity index (χ1v) is 5.96. The monoisotopic (exact) mass is 229 g/mol. The molecule has 0 saturated heterocycles. The Kier molecular flexibility index (Phi) is 5.47. The maximum atomic E-state index is 10.8. The molecule has 2 N–H and O–H groups in total. The van der Waals surface area contributed by atoms with Crippen LogP contribution < -0.4 is 5.73 Å². The van der Waals surface area contributed by atoms with E-state index >= 15 is 0 Å². The molecule has 1 unspecified atom stereocenters. The molecule has 0 rings (SSSR count). The van der Waals surface area contributed by atoms with E-state index in [1.807, 2.05) is 20.8 Å². The van der Waals surface area contributed by atoms with E-state index in [0.29, 0.717) is 12.8 Å². The van der Waals surface area contributed by atoms with Crippen LogP contribution in [0.25, 0.3) is 0 Å². The second-order valence-electron chi connectivity index (χ2n) is 6.62. The van der Waals surface area contributed by atoms with Crippen molar-refractivity contribution in [3.63, 3.8) is 0 Å². The zero-order valence-corrected chi connectivity index (χ0v) is 11.6. The number of ether oxygens (including phenoxy) is 1. The van der Waals surface area contributed by atoms with E-state index in [9.17, 15) is 4.79 Å². The molecule has 3 heteroatoms. The molecule has 0 aliphatic carbocycles. The summed E-state index contributed by atoms with van der Waals surface area (Å²) in [7, 11) is 0. The molecule has 0 aromatic rings. The van der Waals surface area contributed by atoms with Crippen molar-refractivity contribution in [2.24, 2.45) is 11.1 Å². The number of carbonyl (C=O) groups is 1. The van der Waals surface area contributed by atoms with Crippen LogP contribution in [0, 0.1) is 5.41 Å². The van der Waals surface area contributed by atoms with E-state index in [-0.39, 0.29) is 23.0 Å². The molecule has 3 nitrogen and oxygen atoms in total. The lowest BCUT2D eigenvalue weighted by atomic mass is 9.87. The summed E-state index contributed by atoms with van der Waals surface area (Å²) in [6.07, 6.45) is 2.16. The Labute approximate surface area is 99.7 Å². The summed E-state index contributed by atoms with van der Waals surface area (Å²) in [4.78, 5) is 10.8. The van der Waals surface area contributed by atoms with Crippen molar-refractivity contribution in [3.05, 3.63) is 0 Å². The topological polar surface area (TPSA) is 52.3 Å². The molecule has 0 aromatic carbocycles. The van der Waals surface area contributed by atoms with Gasteiger partial charge in [-0.25, -0.2) is 0 Å².